The first-order valence-electron chi connectivity index (χ1n) is 7.76. The van der Waals surface area contributed by atoms with Crippen LogP contribution in [0.5, 0.6) is 0 Å². The summed E-state index contributed by atoms with van der Waals surface area (Å²) in [6, 6.07) is 8.53. The zero-order valence-electron chi connectivity index (χ0n) is 12.5. The Kier molecular flexibility index (Phi) is 6.21. The number of benzene rings is 1. The molecular formula is C16H25NO3S. The molecular weight excluding hydrogens is 286 g/mol. The van der Waals surface area contributed by atoms with Gasteiger partial charge in [0.25, 0.3) is 0 Å². The lowest BCUT2D eigenvalue weighted by Crippen LogP contribution is -2.16. The highest BCUT2D eigenvalue weighted by molar-refractivity contribution is 7.89. The predicted molar refractivity (Wildman–Crippen MR) is 84.5 cm³/mol. The summed E-state index contributed by atoms with van der Waals surface area (Å²) in [4.78, 5) is 0. The van der Waals surface area contributed by atoms with Crippen LogP contribution in [0, 0.1) is 0 Å². The van der Waals surface area contributed by atoms with Crippen molar-refractivity contribution in [3.8, 4) is 0 Å². The minimum atomic E-state index is -3.30. The van der Waals surface area contributed by atoms with Gasteiger partial charge >= 0.3 is 0 Å². The maximum absolute atomic E-state index is 10.8. The Morgan fingerprint density at radius 3 is 2.71 bits per heavy atom. The van der Waals surface area contributed by atoms with Crippen molar-refractivity contribution in [1.29, 1.82) is 0 Å². The Morgan fingerprint density at radius 1 is 1.14 bits per heavy atom. The van der Waals surface area contributed by atoms with E-state index in [-0.39, 0.29) is 11.9 Å². The van der Waals surface area contributed by atoms with Crippen molar-refractivity contribution < 1.29 is 13.2 Å². The maximum Gasteiger partial charge on any atom is 0.209 e. The fourth-order valence-corrected chi connectivity index (χ4v) is 3.47. The van der Waals surface area contributed by atoms with Gasteiger partial charge in [0.15, 0.2) is 0 Å². The Labute approximate surface area is 127 Å². The molecule has 1 aliphatic carbocycles. The van der Waals surface area contributed by atoms with Gasteiger partial charge in [-0.3, -0.25) is 0 Å². The number of nitrogens with two attached hydrogens (primary N) is 1. The average Bonchev–Trinajstić information content (AvgIpc) is 2.45. The topological polar surface area (TPSA) is 69.4 Å². The van der Waals surface area contributed by atoms with E-state index in [0.29, 0.717) is 6.42 Å². The molecule has 1 aliphatic rings. The zero-order valence-corrected chi connectivity index (χ0v) is 13.3. The summed E-state index contributed by atoms with van der Waals surface area (Å²) in [5.74, 6) is 0.0872. The summed E-state index contributed by atoms with van der Waals surface area (Å²) in [5, 5.41) is 4.97. The van der Waals surface area contributed by atoms with Gasteiger partial charge in [-0.15, -0.1) is 0 Å². The lowest BCUT2D eigenvalue weighted by molar-refractivity contribution is 0.0383. The van der Waals surface area contributed by atoms with Gasteiger partial charge in [-0.25, -0.2) is 13.6 Å². The lowest BCUT2D eigenvalue weighted by Gasteiger charge is -2.25. The van der Waals surface area contributed by atoms with Gasteiger partial charge in [0.2, 0.25) is 10.0 Å². The Balaban J connectivity index is 1.64. The molecule has 0 aliphatic heterocycles. The van der Waals surface area contributed by atoms with Crippen molar-refractivity contribution in [2.24, 2.45) is 5.14 Å². The van der Waals surface area contributed by atoms with Crippen LogP contribution in [0.1, 0.15) is 55.8 Å². The molecule has 0 amide bonds. The highest BCUT2D eigenvalue weighted by Gasteiger charge is 2.19. The lowest BCUT2D eigenvalue weighted by atomic mass is 9.89. The molecule has 5 heteroatoms. The van der Waals surface area contributed by atoms with Crippen molar-refractivity contribution >= 4 is 10.0 Å². The van der Waals surface area contributed by atoms with Crippen molar-refractivity contribution in [3.05, 3.63) is 35.4 Å². The first-order chi connectivity index (χ1) is 10.1. The molecule has 1 atom stereocenters. The fraction of sp³-hybridized carbons (Fsp3) is 0.625. The number of rotatable bonds is 8. The molecule has 2 N–H and O–H groups in total. The van der Waals surface area contributed by atoms with Crippen molar-refractivity contribution in [2.45, 2.75) is 51.0 Å². The molecule has 0 aromatic heterocycles. The summed E-state index contributed by atoms with van der Waals surface area (Å²) in [6.45, 7) is 0.744. The molecule has 2 rings (SSSR count). The Morgan fingerprint density at radius 2 is 1.90 bits per heavy atom. The van der Waals surface area contributed by atoms with Gasteiger partial charge in [-0.05, 0) is 43.2 Å². The maximum atomic E-state index is 10.8. The largest absolute Gasteiger partial charge is 0.374 e. The molecule has 0 radical (unpaired) electrons. The molecule has 1 aromatic rings. The quantitative estimate of drug-likeness (QED) is 0.750. The zero-order chi connectivity index (χ0) is 15.1. The van der Waals surface area contributed by atoms with Gasteiger partial charge in [-0.2, -0.15) is 0 Å². The molecule has 21 heavy (non-hydrogen) atoms. The van der Waals surface area contributed by atoms with E-state index < -0.39 is 10.0 Å². The molecule has 4 nitrogen and oxygen atoms in total. The van der Waals surface area contributed by atoms with Crippen molar-refractivity contribution in [2.75, 3.05) is 12.4 Å². The molecule has 1 aromatic carbocycles. The molecule has 1 unspecified atom stereocenters. The third kappa shape index (κ3) is 5.77. The standard InChI is InChI=1S/C16H25NO3S/c17-21(18,19)13-6-2-1-5-12-20-16-11-7-9-14-8-3-4-10-15(14)16/h3-4,8,10,16H,1-2,5-7,9,11-13H2,(H2,17,18,19). The second-order valence-electron chi connectivity index (χ2n) is 5.73. The second kappa shape index (κ2) is 7.92. The van der Waals surface area contributed by atoms with E-state index in [4.69, 9.17) is 9.88 Å². The van der Waals surface area contributed by atoms with Crippen LogP contribution >= 0.6 is 0 Å². The van der Waals surface area contributed by atoms with Gasteiger partial charge in [-0.1, -0.05) is 37.1 Å². The monoisotopic (exact) mass is 311 g/mol. The summed E-state index contributed by atoms with van der Waals surface area (Å²) in [5.41, 5.74) is 2.76. The molecule has 0 saturated heterocycles. The SMILES string of the molecule is NS(=O)(=O)CCCCCCOC1CCCc2ccccc21. The van der Waals surface area contributed by atoms with E-state index >= 15 is 0 Å². The minimum Gasteiger partial charge on any atom is -0.374 e. The molecule has 118 valence electrons. The van der Waals surface area contributed by atoms with Crippen LogP contribution in [0.25, 0.3) is 0 Å². The molecule has 0 spiro atoms. The number of unbranched alkanes of at least 4 members (excludes halogenated alkanes) is 3. The minimum absolute atomic E-state index is 0.0872. The second-order valence-corrected chi connectivity index (χ2v) is 7.47. The van der Waals surface area contributed by atoms with E-state index in [2.05, 4.69) is 24.3 Å². The predicted octanol–water partition coefficient (Wildman–Crippen LogP) is 2.93. The summed E-state index contributed by atoms with van der Waals surface area (Å²) >= 11 is 0. The molecule has 0 saturated carbocycles. The number of hydrogen-bond donors (Lipinski definition) is 1. The summed E-state index contributed by atoms with van der Waals surface area (Å²) < 4.78 is 27.6. The molecule has 0 bridgehead atoms. The van der Waals surface area contributed by atoms with E-state index in [0.717, 1.165) is 38.7 Å². The average molecular weight is 311 g/mol. The van der Waals surface area contributed by atoms with Crippen LogP contribution in [-0.2, 0) is 21.2 Å². The fourth-order valence-electron chi connectivity index (χ4n) is 2.87. The van der Waals surface area contributed by atoms with Crippen LogP contribution in [0.2, 0.25) is 0 Å². The van der Waals surface area contributed by atoms with Crippen LogP contribution in [-0.4, -0.2) is 20.8 Å². The summed E-state index contributed by atoms with van der Waals surface area (Å²) in [7, 11) is -3.30. The van der Waals surface area contributed by atoms with Crippen molar-refractivity contribution in [1.82, 2.24) is 0 Å². The number of primary sulfonamides is 1. The number of fused-ring (bicyclic) bond motifs is 1. The van der Waals surface area contributed by atoms with Gasteiger partial charge < -0.3 is 4.74 Å². The first-order valence-corrected chi connectivity index (χ1v) is 9.48. The number of ether oxygens (including phenoxy) is 1. The van der Waals surface area contributed by atoms with E-state index in [1.807, 2.05) is 0 Å². The van der Waals surface area contributed by atoms with E-state index in [1.165, 1.54) is 17.5 Å². The highest BCUT2D eigenvalue weighted by atomic mass is 32.2. The highest BCUT2D eigenvalue weighted by Crippen LogP contribution is 2.32. The number of hydrogen-bond acceptors (Lipinski definition) is 3. The van der Waals surface area contributed by atoms with Gasteiger partial charge in [0, 0.05) is 6.61 Å². The van der Waals surface area contributed by atoms with E-state index in [9.17, 15) is 8.42 Å². The molecule has 0 heterocycles. The summed E-state index contributed by atoms with van der Waals surface area (Å²) in [6.07, 6.45) is 7.18. The van der Waals surface area contributed by atoms with Crippen molar-refractivity contribution in [3.63, 3.8) is 0 Å². The molecule has 0 fully saturated rings. The van der Waals surface area contributed by atoms with Gasteiger partial charge in [0.05, 0.1) is 11.9 Å². The first kappa shape index (κ1) is 16.5. The van der Waals surface area contributed by atoms with Crippen LogP contribution in [0.15, 0.2) is 24.3 Å². The van der Waals surface area contributed by atoms with Crippen LogP contribution in [0.3, 0.4) is 0 Å². The third-order valence-electron chi connectivity index (χ3n) is 3.96. The Bertz CT molecular complexity index is 542. The van der Waals surface area contributed by atoms with Gasteiger partial charge in [0.1, 0.15) is 0 Å². The van der Waals surface area contributed by atoms with Crippen LogP contribution in [0.4, 0.5) is 0 Å². The Hall–Kier alpha value is -0.910. The normalized spacial score (nSPS) is 18.4. The number of sulfonamides is 1. The van der Waals surface area contributed by atoms with E-state index in [1.54, 1.807) is 0 Å². The third-order valence-corrected chi connectivity index (χ3v) is 4.81. The smallest absolute Gasteiger partial charge is 0.209 e. The van der Waals surface area contributed by atoms with Crippen LogP contribution < -0.4 is 5.14 Å². The number of aryl methyl sites for hydroxylation is 1.